The van der Waals surface area contributed by atoms with Gasteiger partial charge in [-0.1, -0.05) is 30.2 Å². The second-order valence-corrected chi connectivity index (χ2v) is 9.25. The van der Waals surface area contributed by atoms with Crippen molar-refractivity contribution < 1.29 is 14.3 Å². The summed E-state index contributed by atoms with van der Waals surface area (Å²) in [5.74, 6) is 1.80. The van der Waals surface area contributed by atoms with Crippen molar-refractivity contribution in [3.05, 3.63) is 41.2 Å². The number of methoxy groups -OCH3 is 1. The minimum Gasteiger partial charge on any atom is -0.497 e. The minimum atomic E-state index is -0.0302. The van der Waals surface area contributed by atoms with Gasteiger partial charge in [-0.2, -0.15) is 0 Å². The molecule has 0 unspecified atom stereocenters. The number of nitrogens with zero attached hydrogens (tertiary/aromatic N) is 5. The number of benzene rings is 1. The first-order chi connectivity index (χ1) is 15.7. The Bertz CT molecular complexity index is 914. The highest BCUT2D eigenvalue weighted by atomic mass is 16.5. The molecule has 2 fully saturated rings. The van der Waals surface area contributed by atoms with Gasteiger partial charge in [0.1, 0.15) is 17.5 Å². The molecule has 32 heavy (non-hydrogen) atoms. The molecule has 5 rings (SSSR count). The number of carbonyl (C=O) groups excluding carboxylic acids is 1. The van der Waals surface area contributed by atoms with Gasteiger partial charge in [-0.25, -0.2) is 4.68 Å². The van der Waals surface area contributed by atoms with Crippen molar-refractivity contribution in [2.45, 2.75) is 57.9 Å². The highest BCUT2D eigenvalue weighted by Crippen LogP contribution is 2.29. The maximum atomic E-state index is 12.6. The van der Waals surface area contributed by atoms with E-state index in [4.69, 9.17) is 9.47 Å². The fraction of sp³-hybridized carbons (Fsp3) is 0.625. The van der Waals surface area contributed by atoms with Gasteiger partial charge >= 0.3 is 0 Å². The Morgan fingerprint density at radius 1 is 1.12 bits per heavy atom. The van der Waals surface area contributed by atoms with Crippen molar-refractivity contribution >= 4 is 5.91 Å². The van der Waals surface area contributed by atoms with E-state index >= 15 is 0 Å². The van der Waals surface area contributed by atoms with Crippen molar-refractivity contribution in [2.75, 3.05) is 33.3 Å². The molecule has 2 aliphatic heterocycles. The van der Waals surface area contributed by atoms with Crippen molar-refractivity contribution in [1.82, 2.24) is 24.8 Å². The molecule has 0 N–H and O–H groups in total. The number of fused-ring (bicyclic) bond motifs is 1. The zero-order chi connectivity index (χ0) is 21.9. The van der Waals surface area contributed by atoms with Gasteiger partial charge in [-0.05, 0) is 36.5 Å². The highest BCUT2D eigenvalue weighted by molar-refractivity contribution is 5.76. The Morgan fingerprint density at radius 3 is 2.59 bits per heavy atom. The molecule has 1 saturated heterocycles. The molecule has 0 bridgehead atoms. The van der Waals surface area contributed by atoms with E-state index in [-0.39, 0.29) is 6.10 Å². The van der Waals surface area contributed by atoms with Gasteiger partial charge in [0.25, 0.3) is 0 Å². The van der Waals surface area contributed by atoms with Gasteiger partial charge in [-0.3, -0.25) is 9.69 Å². The topological polar surface area (TPSA) is 72.7 Å². The van der Waals surface area contributed by atoms with Crippen LogP contribution >= 0.6 is 0 Å². The van der Waals surface area contributed by atoms with E-state index in [1.54, 1.807) is 7.11 Å². The Balaban J connectivity index is 1.13. The Kier molecular flexibility index (Phi) is 6.41. The standard InChI is InChI=1S/C24H33N5O3/c1-31-20-8-6-19(7-9-20)23-16-29-22(17-32-23)21(25-26-29)15-27-10-12-28(13-11-27)24(30)14-18-4-2-3-5-18/h6-9,18,23H,2-5,10-17H2,1H3/t23-/m1/s1. The molecule has 0 spiro atoms. The number of piperazine rings is 1. The highest BCUT2D eigenvalue weighted by Gasteiger charge is 2.28. The Hall–Kier alpha value is -2.45. The maximum Gasteiger partial charge on any atom is 0.222 e. The summed E-state index contributed by atoms with van der Waals surface area (Å²) in [7, 11) is 1.67. The lowest BCUT2D eigenvalue weighted by Crippen LogP contribution is -2.48. The van der Waals surface area contributed by atoms with Crippen molar-refractivity contribution in [2.24, 2.45) is 5.92 Å². The number of carbonyl (C=O) groups is 1. The smallest absolute Gasteiger partial charge is 0.222 e. The summed E-state index contributed by atoms with van der Waals surface area (Å²) < 4.78 is 13.4. The molecule has 0 radical (unpaired) electrons. The van der Waals surface area contributed by atoms with Crippen LogP contribution in [0.1, 0.15) is 55.2 Å². The number of amides is 1. The summed E-state index contributed by atoms with van der Waals surface area (Å²) in [5, 5.41) is 8.86. The summed E-state index contributed by atoms with van der Waals surface area (Å²) in [6.07, 6.45) is 5.75. The van der Waals surface area contributed by atoms with Gasteiger partial charge in [0.05, 0.1) is 26.0 Å². The van der Waals surface area contributed by atoms with E-state index < -0.39 is 0 Å². The first-order valence-corrected chi connectivity index (χ1v) is 11.9. The van der Waals surface area contributed by atoms with Gasteiger partial charge in [-0.15, -0.1) is 5.10 Å². The fourth-order valence-corrected chi connectivity index (χ4v) is 5.16. The number of hydrogen-bond donors (Lipinski definition) is 0. The van der Waals surface area contributed by atoms with Crippen LogP contribution < -0.4 is 4.74 Å². The first-order valence-electron chi connectivity index (χ1n) is 11.9. The number of hydrogen-bond acceptors (Lipinski definition) is 6. The predicted octanol–water partition coefficient (Wildman–Crippen LogP) is 2.78. The van der Waals surface area contributed by atoms with Crippen LogP contribution in [0.5, 0.6) is 5.75 Å². The monoisotopic (exact) mass is 439 g/mol. The lowest BCUT2D eigenvalue weighted by molar-refractivity contribution is -0.134. The summed E-state index contributed by atoms with van der Waals surface area (Å²) in [6.45, 7) is 5.33. The molecule has 1 aliphatic carbocycles. The first kappa shape index (κ1) is 21.4. The zero-order valence-electron chi connectivity index (χ0n) is 18.9. The van der Waals surface area contributed by atoms with Crippen LogP contribution in [0.25, 0.3) is 0 Å². The molecule has 3 aliphatic rings. The van der Waals surface area contributed by atoms with E-state index in [0.717, 1.165) is 61.8 Å². The van der Waals surface area contributed by atoms with Gasteiger partial charge in [0.2, 0.25) is 5.91 Å². The summed E-state index contributed by atoms with van der Waals surface area (Å²) >= 11 is 0. The molecule has 1 amide bonds. The van der Waals surface area contributed by atoms with Crippen LogP contribution in [-0.4, -0.2) is 64.0 Å². The van der Waals surface area contributed by atoms with E-state index in [0.29, 0.717) is 25.0 Å². The van der Waals surface area contributed by atoms with Crippen molar-refractivity contribution in [3.63, 3.8) is 0 Å². The largest absolute Gasteiger partial charge is 0.497 e. The summed E-state index contributed by atoms with van der Waals surface area (Å²) in [6, 6.07) is 8.00. The normalized spacial score (nSPS) is 22.2. The molecule has 1 aromatic carbocycles. The van der Waals surface area contributed by atoms with Gasteiger partial charge in [0.15, 0.2) is 0 Å². The van der Waals surface area contributed by atoms with Crippen molar-refractivity contribution in [1.29, 1.82) is 0 Å². The van der Waals surface area contributed by atoms with Crippen LogP contribution in [0.15, 0.2) is 24.3 Å². The number of aromatic nitrogens is 3. The molecule has 8 heteroatoms. The number of ether oxygens (including phenoxy) is 2. The SMILES string of the molecule is COc1ccc([C@H]2Cn3nnc(CN4CCN(C(=O)CC5CCCC5)CC4)c3CO2)cc1. The molecule has 1 saturated carbocycles. The maximum absolute atomic E-state index is 12.6. The molecule has 1 aromatic heterocycles. The van der Waals surface area contributed by atoms with E-state index in [1.165, 1.54) is 25.7 Å². The number of rotatable bonds is 6. The fourth-order valence-electron chi connectivity index (χ4n) is 5.16. The lowest BCUT2D eigenvalue weighted by Gasteiger charge is -2.35. The summed E-state index contributed by atoms with van der Waals surface area (Å²) in [4.78, 5) is 17.0. The van der Waals surface area contributed by atoms with E-state index in [9.17, 15) is 4.79 Å². The average Bonchev–Trinajstić information content (AvgIpc) is 3.49. The van der Waals surface area contributed by atoms with Crippen LogP contribution in [-0.2, 0) is 29.2 Å². The summed E-state index contributed by atoms with van der Waals surface area (Å²) in [5.41, 5.74) is 3.17. The third kappa shape index (κ3) is 4.66. The molecular weight excluding hydrogens is 406 g/mol. The Morgan fingerprint density at radius 2 is 1.88 bits per heavy atom. The van der Waals surface area contributed by atoms with Crippen molar-refractivity contribution in [3.8, 4) is 5.75 Å². The second-order valence-electron chi connectivity index (χ2n) is 9.25. The third-order valence-corrected chi connectivity index (χ3v) is 7.20. The third-order valence-electron chi connectivity index (χ3n) is 7.20. The second kappa shape index (κ2) is 9.58. The minimum absolute atomic E-state index is 0.0302. The quantitative estimate of drug-likeness (QED) is 0.689. The molecular formula is C24H33N5O3. The molecule has 172 valence electrons. The van der Waals surface area contributed by atoms with Crippen LogP contribution in [0, 0.1) is 5.92 Å². The zero-order valence-corrected chi connectivity index (χ0v) is 18.9. The van der Waals surface area contributed by atoms with E-state index in [1.807, 2.05) is 28.9 Å². The van der Waals surface area contributed by atoms with Gasteiger partial charge in [0, 0.05) is 39.1 Å². The molecule has 8 nitrogen and oxygen atoms in total. The lowest BCUT2D eigenvalue weighted by atomic mass is 10.0. The van der Waals surface area contributed by atoms with Crippen LogP contribution in [0.3, 0.4) is 0 Å². The van der Waals surface area contributed by atoms with E-state index in [2.05, 4.69) is 20.1 Å². The Labute approximate surface area is 189 Å². The van der Waals surface area contributed by atoms with Crippen LogP contribution in [0.4, 0.5) is 0 Å². The molecule has 3 heterocycles. The molecule has 1 atom stereocenters. The average molecular weight is 440 g/mol. The predicted molar refractivity (Wildman–Crippen MR) is 119 cm³/mol. The van der Waals surface area contributed by atoms with Gasteiger partial charge < -0.3 is 14.4 Å². The molecule has 2 aromatic rings. The van der Waals surface area contributed by atoms with Crippen LogP contribution in [0.2, 0.25) is 0 Å².